The van der Waals surface area contributed by atoms with Crippen molar-refractivity contribution in [2.75, 3.05) is 12.3 Å². The van der Waals surface area contributed by atoms with E-state index in [9.17, 15) is 10.2 Å². The van der Waals surface area contributed by atoms with Crippen molar-refractivity contribution in [2.45, 2.75) is 30.8 Å². The van der Waals surface area contributed by atoms with E-state index in [1.54, 1.807) is 24.3 Å². The average Bonchev–Trinajstić information content (AvgIpc) is 3.29. The third-order valence-electron chi connectivity index (χ3n) is 4.66. The molecule has 29 heavy (non-hydrogen) atoms. The van der Waals surface area contributed by atoms with Gasteiger partial charge < -0.3 is 25.4 Å². The molecule has 1 fully saturated rings. The number of nitrogen functional groups attached to an aromatic ring is 1. The summed E-state index contributed by atoms with van der Waals surface area (Å²) < 4.78 is 12.9. The Morgan fingerprint density at radius 1 is 1.24 bits per heavy atom. The molecule has 1 saturated heterocycles. The van der Waals surface area contributed by atoms with Crippen LogP contribution in [0.3, 0.4) is 0 Å². The molecular formula is C17H18N8O4. The topological polar surface area (TPSA) is 177 Å². The number of rotatable bonds is 6. The van der Waals surface area contributed by atoms with Crippen molar-refractivity contribution in [3.8, 4) is 0 Å². The number of aliphatic hydroxyl groups excluding tert-OH is 2. The van der Waals surface area contributed by atoms with Gasteiger partial charge in [-0.1, -0.05) is 35.4 Å². The largest absolute Gasteiger partial charge is 0.387 e. The van der Waals surface area contributed by atoms with Crippen LogP contribution in [0.1, 0.15) is 18.0 Å². The van der Waals surface area contributed by atoms with Crippen molar-refractivity contribution >= 4 is 17.0 Å². The number of nitrogens with two attached hydrogens (primary N) is 1. The molecule has 0 bridgehead atoms. The Bertz CT molecular complexity index is 1040. The number of azide groups is 1. The van der Waals surface area contributed by atoms with Gasteiger partial charge in [-0.3, -0.25) is 4.57 Å². The molecule has 0 amide bonds. The molecule has 4 N–H and O–H groups in total. The zero-order chi connectivity index (χ0) is 20.4. The van der Waals surface area contributed by atoms with E-state index < -0.39 is 30.8 Å². The number of anilines is 1. The molecule has 150 valence electrons. The first-order chi connectivity index (χ1) is 14.1. The summed E-state index contributed by atoms with van der Waals surface area (Å²) in [6.07, 6.45) is -2.52. The summed E-state index contributed by atoms with van der Waals surface area (Å²) in [6, 6.07) is 8.91. The number of aromatic nitrogens is 4. The Hall–Kier alpha value is -3.28. The van der Waals surface area contributed by atoms with Gasteiger partial charge in [-0.05, 0) is 11.1 Å². The van der Waals surface area contributed by atoms with E-state index in [1.165, 1.54) is 17.2 Å². The number of nitrogens with zero attached hydrogens (tertiary/aromatic N) is 7. The minimum atomic E-state index is -1.26. The fraction of sp³-hybridized carbons (Fsp3) is 0.353. The monoisotopic (exact) mass is 398 g/mol. The molecule has 0 radical (unpaired) electrons. The Balaban J connectivity index is 1.51. The van der Waals surface area contributed by atoms with Gasteiger partial charge >= 0.3 is 0 Å². The molecule has 3 heterocycles. The molecule has 4 rings (SSSR count). The lowest BCUT2D eigenvalue weighted by molar-refractivity contribution is -0.0806. The second-order valence-electron chi connectivity index (χ2n) is 6.43. The van der Waals surface area contributed by atoms with Crippen molar-refractivity contribution in [3.63, 3.8) is 0 Å². The average molecular weight is 398 g/mol. The van der Waals surface area contributed by atoms with Gasteiger partial charge in [0.1, 0.15) is 30.2 Å². The quantitative estimate of drug-likeness (QED) is 0.313. The zero-order valence-corrected chi connectivity index (χ0v) is 15.1. The molecular weight excluding hydrogens is 380 g/mol. The van der Waals surface area contributed by atoms with Crippen LogP contribution in [0, 0.1) is 0 Å². The molecule has 1 aromatic carbocycles. The van der Waals surface area contributed by atoms with Gasteiger partial charge in [-0.25, -0.2) is 15.0 Å². The van der Waals surface area contributed by atoms with Gasteiger partial charge in [-0.2, -0.15) is 0 Å². The Morgan fingerprint density at radius 3 is 2.79 bits per heavy atom. The summed E-state index contributed by atoms with van der Waals surface area (Å²) >= 11 is 0. The molecule has 12 nitrogen and oxygen atoms in total. The van der Waals surface area contributed by atoms with E-state index in [4.69, 9.17) is 20.7 Å². The number of benzene rings is 1. The summed E-state index contributed by atoms with van der Waals surface area (Å²) in [5.41, 5.74) is 16.0. The standard InChI is InChI=1S/C17H18N8O4/c18-14-11-15(21-7-20-14)25(8-22-11)17-13(27)12(26)10(29-17)6-28-16(23-24-19)9-4-2-1-3-5-9/h1-5,7-8,10,12-13,16-17,26-27H,6H2,(H2,18,20,21)/t10-,12-,13-,16?,17-/m1/s1. The number of imidazole rings is 1. The molecule has 0 saturated carbocycles. The van der Waals surface area contributed by atoms with Crippen LogP contribution in [0.5, 0.6) is 0 Å². The maximum absolute atomic E-state index is 10.5. The van der Waals surface area contributed by atoms with Gasteiger partial charge in [0.2, 0.25) is 0 Å². The van der Waals surface area contributed by atoms with Crippen LogP contribution in [0.15, 0.2) is 48.1 Å². The third kappa shape index (κ3) is 3.58. The number of hydrogen-bond donors (Lipinski definition) is 3. The highest BCUT2D eigenvalue weighted by molar-refractivity contribution is 5.81. The van der Waals surface area contributed by atoms with Crippen LogP contribution >= 0.6 is 0 Å². The minimum Gasteiger partial charge on any atom is -0.387 e. The lowest BCUT2D eigenvalue weighted by Crippen LogP contribution is -2.34. The first-order valence-electron chi connectivity index (χ1n) is 8.75. The van der Waals surface area contributed by atoms with Gasteiger partial charge in [0.05, 0.1) is 12.9 Å². The first kappa shape index (κ1) is 19.1. The summed E-state index contributed by atoms with van der Waals surface area (Å²) in [4.78, 5) is 14.9. The Morgan fingerprint density at radius 2 is 2.03 bits per heavy atom. The molecule has 1 aliphatic heterocycles. The number of hydrogen-bond acceptors (Lipinski definition) is 9. The van der Waals surface area contributed by atoms with Crippen molar-refractivity contribution in [2.24, 2.45) is 5.11 Å². The molecule has 0 spiro atoms. The predicted octanol–water partition coefficient (Wildman–Crippen LogP) is 1.05. The highest BCUT2D eigenvalue weighted by atomic mass is 16.6. The maximum atomic E-state index is 10.5. The molecule has 0 aliphatic carbocycles. The normalized spacial score (nSPS) is 25.0. The third-order valence-corrected chi connectivity index (χ3v) is 4.66. The van der Waals surface area contributed by atoms with Gasteiger partial charge in [0.15, 0.2) is 23.9 Å². The van der Waals surface area contributed by atoms with E-state index >= 15 is 0 Å². The SMILES string of the molecule is [N-]=[N+]=NC(OC[C@H]1O[C@@H](n2cnc3c(N)ncnc32)[C@H](O)[C@@H]1O)c1ccccc1. The summed E-state index contributed by atoms with van der Waals surface area (Å²) in [6.45, 7) is -0.114. The van der Waals surface area contributed by atoms with Crippen LogP contribution in [0.25, 0.3) is 21.6 Å². The van der Waals surface area contributed by atoms with Crippen LogP contribution in [-0.2, 0) is 9.47 Å². The highest BCUT2D eigenvalue weighted by Gasteiger charge is 2.44. The van der Waals surface area contributed by atoms with Crippen molar-refractivity contribution in [1.82, 2.24) is 19.5 Å². The second-order valence-corrected chi connectivity index (χ2v) is 6.43. The van der Waals surface area contributed by atoms with Crippen LogP contribution in [-0.4, -0.2) is 54.7 Å². The summed E-state index contributed by atoms with van der Waals surface area (Å²) in [5.74, 6) is 0.196. The van der Waals surface area contributed by atoms with Gasteiger partial charge in [0.25, 0.3) is 0 Å². The van der Waals surface area contributed by atoms with E-state index in [2.05, 4.69) is 25.0 Å². The van der Waals surface area contributed by atoms with Crippen molar-refractivity contribution < 1.29 is 19.7 Å². The molecule has 1 aliphatic rings. The smallest absolute Gasteiger partial charge is 0.167 e. The van der Waals surface area contributed by atoms with E-state index in [1.807, 2.05) is 6.07 Å². The molecule has 3 aromatic rings. The fourth-order valence-electron chi connectivity index (χ4n) is 3.20. The predicted molar refractivity (Wildman–Crippen MR) is 99.9 cm³/mol. The molecule has 2 aromatic heterocycles. The fourth-order valence-corrected chi connectivity index (χ4v) is 3.20. The lowest BCUT2D eigenvalue weighted by atomic mass is 10.1. The van der Waals surface area contributed by atoms with E-state index in [-0.39, 0.29) is 12.4 Å². The van der Waals surface area contributed by atoms with E-state index in [0.29, 0.717) is 16.7 Å². The molecule has 12 heteroatoms. The molecule has 1 unspecified atom stereocenters. The Labute approximate surface area is 164 Å². The number of ether oxygens (including phenoxy) is 2. The number of fused-ring (bicyclic) bond motifs is 1. The molecule has 5 atom stereocenters. The first-order valence-corrected chi connectivity index (χ1v) is 8.75. The minimum absolute atomic E-state index is 0.114. The van der Waals surface area contributed by atoms with Crippen molar-refractivity contribution in [1.29, 1.82) is 0 Å². The second kappa shape index (κ2) is 7.99. The number of aliphatic hydroxyl groups is 2. The van der Waals surface area contributed by atoms with Crippen LogP contribution < -0.4 is 5.73 Å². The van der Waals surface area contributed by atoms with Gasteiger partial charge in [-0.15, -0.1) is 0 Å². The highest BCUT2D eigenvalue weighted by Crippen LogP contribution is 2.33. The summed E-state index contributed by atoms with van der Waals surface area (Å²) in [5, 5.41) is 24.5. The van der Waals surface area contributed by atoms with Crippen molar-refractivity contribution in [3.05, 3.63) is 59.0 Å². The van der Waals surface area contributed by atoms with Crippen LogP contribution in [0.4, 0.5) is 5.82 Å². The Kier molecular flexibility index (Phi) is 5.25. The van der Waals surface area contributed by atoms with E-state index in [0.717, 1.165) is 0 Å². The van der Waals surface area contributed by atoms with Crippen LogP contribution in [0.2, 0.25) is 0 Å². The lowest BCUT2D eigenvalue weighted by Gasteiger charge is -2.18. The zero-order valence-electron chi connectivity index (χ0n) is 15.1. The summed E-state index contributed by atoms with van der Waals surface area (Å²) in [7, 11) is 0. The van der Waals surface area contributed by atoms with Gasteiger partial charge in [0, 0.05) is 4.91 Å². The maximum Gasteiger partial charge on any atom is 0.167 e.